The Balaban J connectivity index is 1.71. The number of benzene rings is 1. The van der Waals surface area contributed by atoms with Crippen LogP contribution in [0.1, 0.15) is 24.5 Å². The minimum absolute atomic E-state index is 0.0511. The van der Waals surface area contributed by atoms with Crippen LogP contribution in [0, 0.1) is 17.0 Å². The van der Waals surface area contributed by atoms with Crippen molar-refractivity contribution in [3.63, 3.8) is 0 Å². The predicted octanol–water partition coefficient (Wildman–Crippen LogP) is 3.40. The van der Waals surface area contributed by atoms with Gasteiger partial charge in [-0.25, -0.2) is 4.98 Å². The standard InChI is InChI=1S/C19H24N4O2/c1-15-12-18(23(24)25)13-20-19(15)21-9-8-16(2)22(11-10-21)14-17-6-4-3-5-7-17/h3-7,12-13,16H,8-11,14H2,1-2H3. The summed E-state index contributed by atoms with van der Waals surface area (Å²) in [6.45, 7) is 7.85. The number of nitro groups is 1. The first-order valence-electron chi connectivity index (χ1n) is 8.68. The fourth-order valence-electron chi connectivity index (χ4n) is 3.35. The largest absolute Gasteiger partial charge is 0.355 e. The molecule has 0 spiro atoms. The second kappa shape index (κ2) is 7.61. The molecule has 0 bridgehead atoms. The molecule has 0 amide bonds. The molecule has 132 valence electrons. The highest BCUT2D eigenvalue weighted by Crippen LogP contribution is 2.24. The van der Waals surface area contributed by atoms with Gasteiger partial charge in [-0.2, -0.15) is 0 Å². The van der Waals surface area contributed by atoms with E-state index < -0.39 is 4.92 Å². The van der Waals surface area contributed by atoms with Crippen molar-refractivity contribution in [2.24, 2.45) is 0 Å². The average molecular weight is 340 g/mol. The molecule has 2 aromatic rings. The molecule has 0 N–H and O–H groups in total. The third-order valence-corrected chi connectivity index (χ3v) is 4.87. The predicted molar refractivity (Wildman–Crippen MR) is 98.8 cm³/mol. The molecule has 1 atom stereocenters. The highest BCUT2D eigenvalue weighted by atomic mass is 16.6. The quantitative estimate of drug-likeness (QED) is 0.630. The van der Waals surface area contributed by atoms with E-state index in [1.54, 1.807) is 6.07 Å². The van der Waals surface area contributed by atoms with Gasteiger partial charge in [-0.15, -0.1) is 0 Å². The van der Waals surface area contributed by atoms with E-state index in [9.17, 15) is 10.1 Å². The van der Waals surface area contributed by atoms with Crippen LogP contribution >= 0.6 is 0 Å². The molecule has 25 heavy (non-hydrogen) atoms. The van der Waals surface area contributed by atoms with Crippen LogP contribution in [0.25, 0.3) is 0 Å². The van der Waals surface area contributed by atoms with E-state index >= 15 is 0 Å². The number of hydrogen-bond donors (Lipinski definition) is 0. The zero-order valence-electron chi connectivity index (χ0n) is 14.8. The number of nitrogens with zero attached hydrogens (tertiary/aromatic N) is 4. The van der Waals surface area contributed by atoms with Crippen LogP contribution in [-0.2, 0) is 6.54 Å². The van der Waals surface area contributed by atoms with Crippen LogP contribution in [0.4, 0.5) is 11.5 Å². The maximum absolute atomic E-state index is 10.9. The summed E-state index contributed by atoms with van der Waals surface area (Å²) in [7, 11) is 0. The summed E-state index contributed by atoms with van der Waals surface area (Å²) in [5.74, 6) is 0.861. The lowest BCUT2D eigenvalue weighted by Gasteiger charge is -2.26. The Labute approximate surface area is 148 Å². The Bertz CT molecular complexity index is 735. The van der Waals surface area contributed by atoms with Gasteiger partial charge in [0.15, 0.2) is 0 Å². The lowest BCUT2D eigenvalue weighted by Crippen LogP contribution is -2.34. The van der Waals surface area contributed by atoms with E-state index in [0.29, 0.717) is 6.04 Å². The molecule has 1 unspecified atom stereocenters. The number of hydrogen-bond acceptors (Lipinski definition) is 5. The Morgan fingerprint density at radius 2 is 2.00 bits per heavy atom. The molecule has 0 aliphatic carbocycles. The van der Waals surface area contributed by atoms with E-state index in [0.717, 1.165) is 44.0 Å². The summed E-state index contributed by atoms with van der Waals surface area (Å²) in [4.78, 5) is 19.6. The average Bonchev–Trinajstić information content (AvgIpc) is 2.78. The first-order valence-corrected chi connectivity index (χ1v) is 8.68. The monoisotopic (exact) mass is 340 g/mol. The van der Waals surface area contributed by atoms with Gasteiger partial charge in [0.1, 0.15) is 12.0 Å². The van der Waals surface area contributed by atoms with Gasteiger partial charge in [0.2, 0.25) is 0 Å². The molecule has 0 radical (unpaired) electrons. The van der Waals surface area contributed by atoms with Crippen molar-refractivity contribution in [1.29, 1.82) is 0 Å². The van der Waals surface area contributed by atoms with Crippen molar-refractivity contribution >= 4 is 11.5 Å². The van der Waals surface area contributed by atoms with Crippen LogP contribution in [0.2, 0.25) is 0 Å². The summed E-state index contributed by atoms with van der Waals surface area (Å²) in [6, 6.07) is 12.6. The van der Waals surface area contributed by atoms with E-state index in [1.165, 1.54) is 11.8 Å². The summed E-state index contributed by atoms with van der Waals surface area (Å²) >= 11 is 0. The fourth-order valence-corrected chi connectivity index (χ4v) is 3.35. The van der Waals surface area contributed by atoms with Crippen molar-refractivity contribution in [2.75, 3.05) is 24.5 Å². The van der Waals surface area contributed by atoms with Crippen molar-refractivity contribution < 1.29 is 4.92 Å². The molecule has 1 aliphatic heterocycles. The SMILES string of the molecule is Cc1cc([N+](=O)[O-])cnc1N1CCC(C)N(Cc2ccccc2)CC1. The highest BCUT2D eigenvalue weighted by Gasteiger charge is 2.23. The Morgan fingerprint density at radius 1 is 1.24 bits per heavy atom. The van der Waals surface area contributed by atoms with E-state index in [2.05, 4.69) is 46.0 Å². The van der Waals surface area contributed by atoms with Crippen molar-refractivity contribution in [3.05, 3.63) is 63.8 Å². The molecule has 1 aromatic heterocycles. The minimum atomic E-state index is -0.393. The van der Waals surface area contributed by atoms with Gasteiger partial charge in [0.05, 0.1) is 4.92 Å². The first-order chi connectivity index (χ1) is 12.0. The zero-order chi connectivity index (χ0) is 17.8. The Kier molecular flexibility index (Phi) is 5.28. The number of rotatable bonds is 4. The summed E-state index contributed by atoms with van der Waals surface area (Å²) in [5.41, 5.74) is 2.24. The van der Waals surface area contributed by atoms with Crippen molar-refractivity contribution in [1.82, 2.24) is 9.88 Å². The molecule has 1 fully saturated rings. The summed E-state index contributed by atoms with van der Waals surface area (Å²) < 4.78 is 0. The molecule has 0 saturated carbocycles. The first kappa shape index (κ1) is 17.4. The summed E-state index contributed by atoms with van der Waals surface area (Å²) in [6.07, 6.45) is 2.41. The van der Waals surface area contributed by atoms with Crippen molar-refractivity contribution in [2.45, 2.75) is 32.9 Å². The van der Waals surface area contributed by atoms with E-state index in [1.807, 2.05) is 13.0 Å². The van der Waals surface area contributed by atoms with Crippen molar-refractivity contribution in [3.8, 4) is 0 Å². The van der Waals surface area contributed by atoms with Gasteiger partial charge in [-0.1, -0.05) is 30.3 Å². The number of pyridine rings is 1. The van der Waals surface area contributed by atoms with Crippen LogP contribution in [0.5, 0.6) is 0 Å². The number of aromatic nitrogens is 1. The molecular weight excluding hydrogens is 316 g/mol. The van der Waals surface area contributed by atoms with E-state index in [-0.39, 0.29) is 5.69 Å². The molecule has 6 heteroatoms. The lowest BCUT2D eigenvalue weighted by atomic mass is 10.1. The maximum atomic E-state index is 10.9. The van der Waals surface area contributed by atoms with Gasteiger partial charge in [0, 0.05) is 38.3 Å². The van der Waals surface area contributed by atoms with E-state index in [4.69, 9.17) is 0 Å². The second-order valence-electron chi connectivity index (χ2n) is 6.67. The third kappa shape index (κ3) is 4.14. The lowest BCUT2D eigenvalue weighted by molar-refractivity contribution is -0.385. The van der Waals surface area contributed by atoms with Crippen LogP contribution in [-0.4, -0.2) is 40.5 Å². The smallest absolute Gasteiger partial charge is 0.287 e. The van der Waals surface area contributed by atoms with Crippen LogP contribution in [0.15, 0.2) is 42.6 Å². The Hall–Kier alpha value is -2.47. The molecule has 1 aliphatic rings. The highest BCUT2D eigenvalue weighted by molar-refractivity contribution is 5.50. The zero-order valence-corrected chi connectivity index (χ0v) is 14.8. The van der Waals surface area contributed by atoms with Crippen LogP contribution in [0.3, 0.4) is 0 Å². The number of anilines is 1. The fraction of sp³-hybridized carbons (Fsp3) is 0.421. The van der Waals surface area contributed by atoms with Gasteiger partial charge in [-0.3, -0.25) is 15.0 Å². The third-order valence-electron chi connectivity index (χ3n) is 4.87. The topological polar surface area (TPSA) is 62.5 Å². The molecule has 1 saturated heterocycles. The normalized spacial score (nSPS) is 18.8. The molecule has 1 aromatic carbocycles. The number of aryl methyl sites for hydroxylation is 1. The second-order valence-corrected chi connectivity index (χ2v) is 6.67. The van der Waals surface area contributed by atoms with Crippen LogP contribution < -0.4 is 4.90 Å². The van der Waals surface area contributed by atoms with Gasteiger partial charge in [-0.05, 0) is 31.4 Å². The maximum Gasteiger partial charge on any atom is 0.287 e. The Morgan fingerprint density at radius 3 is 2.68 bits per heavy atom. The molecule has 3 rings (SSSR count). The molecule has 2 heterocycles. The van der Waals surface area contributed by atoms with Gasteiger partial charge < -0.3 is 4.90 Å². The molecule has 6 nitrogen and oxygen atoms in total. The van der Waals surface area contributed by atoms with Gasteiger partial charge >= 0.3 is 0 Å². The van der Waals surface area contributed by atoms with Gasteiger partial charge in [0.25, 0.3) is 5.69 Å². The minimum Gasteiger partial charge on any atom is -0.355 e. The molecular formula is C19H24N4O2. The summed E-state index contributed by atoms with van der Waals surface area (Å²) in [5, 5.41) is 10.9.